The Bertz CT molecular complexity index is 276. The number of nitrogen functional groups attached to an aromatic ring is 1. The van der Waals surface area contributed by atoms with E-state index in [9.17, 15) is 0 Å². The predicted octanol–water partition coefficient (Wildman–Crippen LogP) is 0.682. The average molecular weight is 182 g/mol. The molecule has 0 aromatic heterocycles. The van der Waals surface area contributed by atoms with Crippen LogP contribution in [-0.4, -0.2) is 25.4 Å². The molecule has 1 aromatic carbocycles. The van der Waals surface area contributed by atoms with Crippen molar-refractivity contribution >= 4 is 11.4 Å². The fraction of sp³-hybridized carbons (Fsp3) is 0.333. The minimum Gasteiger partial charge on any atom is -0.495 e. The van der Waals surface area contributed by atoms with Crippen molar-refractivity contribution in [3.63, 3.8) is 0 Å². The van der Waals surface area contributed by atoms with Crippen LogP contribution < -0.4 is 15.8 Å². The molecule has 0 fully saturated rings. The van der Waals surface area contributed by atoms with Crippen LogP contribution in [0.1, 0.15) is 0 Å². The number of methoxy groups -OCH3 is 1. The van der Waals surface area contributed by atoms with Gasteiger partial charge in [0.15, 0.2) is 0 Å². The molecule has 1 aromatic rings. The fourth-order valence-corrected chi connectivity index (χ4v) is 1.05. The lowest BCUT2D eigenvalue weighted by molar-refractivity contribution is 0.311. The fourth-order valence-electron chi connectivity index (χ4n) is 1.05. The van der Waals surface area contributed by atoms with Gasteiger partial charge < -0.3 is 20.9 Å². The normalized spacial score (nSPS) is 9.69. The molecule has 0 aliphatic rings. The second-order valence-corrected chi connectivity index (χ2v) is 2.61. The minimum atomic E-state index is 0.0813. The van der Waals surface area contributed by atoms with Gasteiger partial charge in [-0.25, -0.2) is 0 Å². The Morgan fingerprint density at radius 3 is 2.92 bits per heavy atom. The van der Waals surface area contributed by atoms with E-state index in [2.05, 4.69) is 5.32 Å². The van der Waals surface area contributed by atoms with Gasteiger partial charge in [0.05, 0.1) is 19.4 Å². The quantitative estimate of drug-likeness (QED) is 0.599. The molecule has 4 N–H and O–H groups in total. The van der Waals surface area contributed by atoms with Gasteiger partial charge in [-0.1, -0.05) is 0 Å². The van der Waals surface area contributed by atoms with E-state index in [-0.39, 0.29) is 6.61 Å². The summed E-state index contributed by atoms with van der Waals surface area (Å²) in [5, 5.41) is 11.6. The molecule has 0 aliphatic carbocycles. The molecule has 72 valence electrons. The molecular formula is C9H14N2O2. The summed E-state index contributed by atoms with van der Waals surface area (Å²) in [6, 6.07) is 5.33. The summed E-state index contributed by atoms with van der Waals surface area (Å²) in [6.07, 6.45) is 0. The molecular weight excluding hydrogens is 168 g/mol. The molecule has 0 heterocycles. The molecule has 0 atom stereocenters. The van der Waals surface area contributed by atoms with Gasteiger partial charge in [0.25, 0.3) is 0 Å². The van der Waals surface area contributed by atoms with Gasteiger partial charge in [-0.05, 0) is 18.2 Å². The van der Waals surface area contributed by atoms with Crippen LogP contribution >= 0.6 is 0 Å². The van der Waals surface area contributed by atoms with E-state index in [0.717, 1.165) is 11.4 Å². The van der Waals surface area contributed by atoms with Crippen LogP contribution in [0.2, 0.25) is 0 Å². The van der Waals surface area contributed by atoms with Gasteiger partial charge in [-0.2, -0.15) is 0 Å². The number of anilines is 2. The number of ether oxygens (including phenoxy) is 1. The first kappa shape index (κ1) is 9.67. The Labute approximate surface area is 77.3 Å². The third-order valence-corrected chi connectivity index (χ3v) is 1.65. The Morgan fingerprint density at radius 1 is 1.54 bits per heavy atom. The van der Waals surface area contributed by atoms with Crippen molar-refractivity contribution in [3.8, 4) is 5.75 Å². The zero-order valence-corrected chi connectivity index (χ0v) is 7.58. The number of rotatable bonds is 4. The van der Waals surface area contributed by atoms with Crippen LogP contribution in [0, 0.1) is 0 Å². The van der Waals surface area contributed by atoms with Gasteiger partial charge in [0.2, 0.25) is 0 Å². The molecule has 13 heavy (non-hydrogen) atoms. The molecule has 4 nitrogen and oxygen atoms in total. The highest BCUT2D eigenvalue weighted by Gasteiger charge is 2.01. The summed E-state index contributed by atoms with van der Waals surface area (Å²) in [5.41, 5.74) is 7.07. The summed E-state index contributed by atoms with van der Waals surface area (Å²) in [6.45, 7) is 0.567. The zero-order chi connectivity index (χ0) is 9.68. The minimum absolute atomic E-state index is 0.0813. The summed E-state index contributed by atoms with van der Waals surface area (Å²) >= 11 is 0. The highest BCUT2D eigenvalue weighted by molar-refractivity contribution is 5.63. The van der Waals surface area contributed by atoms with Crippen LogP contribution in [0.3, 0.4) is 0 Å². The lowest BCUT2D eigenvalue weighted by Gasteiger charge is -2.10. The molecule has 0 saturated heterocycles. The van der Waals surface area contributed by atoms with E-state index in [1.807, 2.05) is 0 Å². The highest BCUT2D eigenvalue weighted by Crippen LogP contribution is 2.25. The van der Waals surface area contributed by atoms with Crippen LogP contribution in [0.15, 0.2) is 18.2 Å². The molecule has 0 aliphatic heterocycles. The third kappa shape index (κ3) is 2.52. The molecule has 1 rings (SSSR count). The Balaban J connectivity index is 2.81. The first-order valence-electron chi connectivity index (χ1n) is 4.06. The SMILES string of the molecule is COc1ccc(N)cc1NCCO. The second kappa shape index (κ2) is 4.57. The Morgan fingerprint density at radius 2 is 2.31 bits per heavy atom. The summed E-state index contributed by atoms with van der Waals surface area (Å²) in [7, 11) is 1.59. The molecule has 0 radical (unpaired) electrons. The highest BCUT2D eigenvalue weighted by atomic mass is 16.5. The van der Waals surface area contributed by atoms with Crippen molar-refractivity contribution < 1.29 is 9.84 Å². The molecule has 4 heteroatoms. The number of hydrogen-bond acceptors (Lipinski definition) is 4. The number of hydrogen-bond donors (Lipinski definition) is 3. The van der Waals surface area contributed by atoms with Crippen LogP contribution in [0.25, 0.3) is 0 Å². The molecule has 0 spiro atoms. The van der Waals surface area contributed by atoms with Crippen molar-refractivity contribution in [2.75, 3.05) is 31.3 Å². The average Bonchev–Trinajstić information content (AvgIpc) is 2.15. The van der Waals surface area contributed by atoms with E-state index in [0.29, 0.717) is 12.2 Å². The summed E-state index contributed by atoms with van der Waals surface area (Å²) in [4.78, 5) is 0. The Kier molecular flexibility index (Phi) is 3.40. The summed E-state index contributed by atoms with van der Waals surface area (Å²) in [5.74, 6) is 0.725. The topological polar surface area (TPSA) is 67.5 Å². The lowest BCUT2D eigenvalue weighted by atomic mass is 10.2. The third-order valence-electron chi connectivity index (χ3n) is 1.65. The smallest absolute Gasteiger partial charge is 0.142 e. The maximum Gasteiger partial charge on any atom is 0.142 e. The van der Waals surface area contributed by atoms with E-state index >= 15 is 0 Å². The van der Waals surface area contributed by atoms with Crippen molar-refractivity contribution in [2.45, 2.75) is 0 Å². The van der Waals surface area contributed by atoms with Crippen molar-refractivity contribution in [3.05, 3.63) is 18.2 Å². The van der Waals surface area contributed by atoms with Crippen molar-refractivity contribution in [2.24, 2.45) is 0 Å². The van der Waals surface area contributed by atoms with Crippen molar-refractivity contribution in [1.29, 1.82) is 0 Å². The van der Waals surface area contributed by atoms with Gasteiger partial charge in [-0.3, -0.25) is 0 Å². The van der Waals surface area contributed by atoms with E-state index < -0.39 is 0 Å². The van der Waals surface area contributed by atoms with E-state index in [1.54, 1.807) is 25.3 Å². The van der Waals surface area contributed by atoms with Gasteiger partial charge >= 0.3 is 0 Å². The largest absolute Gasteiger partial charge is 0.495 e. The number of nitrogens with one attached hydrogen (secondary N) is 1. The van der Waals surface area contributed by atoms with Crippen LogP contribution in [0.5, 0.6) is 5.75 Å². The van der Waals surface area contributed by atoms with Gasteiger partial charge in [0, 0.05) is 12.2 Å². The number of nitrogens with two attached hydrogens (primary N) is 1. The number of aliphatic hydroxyl groups excluding tert-OH is 1. The molecule has 0 bridgehead atoms. The first-order chi connectivity index (χ1) is 6.27. The second-order valence-electron chi connectivity index (χ2n) is 2.61. The lowest BCUT2D eigenvalue weighted by Crippen LogP contribution is -2.06. The summed E-state index contributed by atoms with van der Waals surface area (Å²) < 4.78 is 5.10. The van der Waals surface area contributed by atoms with Gasteiger partial charge in [-0.15, -0.1) is 0 Å². The van der Waals surface area contributed by atoms with Crippen LogP contribution in [-0.2, 0) is 0 Å². The number of benzene rings is 1. The molecule has 0 amide bonds. The zero-order valence-electron chi connectivity index (χ0n) is 7.58. The number of aliphatic hydroxyl groups is 1. The molecule has 0 saturated carbocycles. The first-order valence-corrected chi connectivity index (χ1v) is 4.06. The molecule has 0 unspecified atom stereocenters. The van der Waals surface area contributed by atoms with Crippen LogP contribution in [0.4, 0.5) is 11.4 Å². The van der Waals surface area contributed by atoms with E-state index in [4.69, 9.17) is 15.6 Å². The Hall–Kier alpha value is -1.42. The van der Waals surface area contributed by atoms with Gasteiger partial charge in [0.1, 0.15) is 5.75 Å². The maximum absolute atomic E-state index is 8.63. The van der Waals surface area contributed by atoms with Crippen molar-refractivity contribution in [1.82, 2.24) is 0 Å². The maximum atomic E-state index is 8.63. The predicted molar refractivity (Wildman–Crippen MR) is 53.0 cm³/mol. The standard InChI is InChI=1S/C9H14N2O2/c1-13-9-3-2-7(10)6-8(9)11-4-5-12/h2-3,6,11-12H,4-5,10H2,1H3. The van der Waals surface area contributed by atoms with E-state index in [1.165, 1.54) is 0 Å². The monoisotopic (exact) mass is 182 g/mol.